The van der Waals surface area contributed by atoms with E-state index in [1.807, 2.05) is 12.1 Å². The molecule has 0 heterocycles. The first kappa shape index (κ1) is 18.5. The van der Waals surface area contributed by atoms with Crippen molar-refractivity contribution in [1.29, 1.82) is 0 Å². The normalized spacial score (nSPS) is 19.0. The highest BCUT2D eigenvalue weighted by atomic mass is 16.6. The van der Waals surface area contributed by atoms with Gasteiger partial charge in [-0.3, -0.25) is 4.79 Å². The van der Waals surface area contributed by atoms with Crippen molar-refractivity contribution in [1.82, 2.24) is 0 Å². The van der Waals surface area contributed by atoms with Gasteiger partial charge in [0, 0.05) is 0 Å². The van der Waals surface area contributed by atoms with E-state index < -0.39 is 24.0 Å². The van der Waals surface area contributed by atoms with Gasteiger partial charge < -0.3 is 14.6 Å². The molecule has 0 unspecified atom stereocenters. The molecule has 0 aromatic heterocycles. The van der Waals surface area contributed by atoms with Crippen LogP contribution >= 0.6 is 0 Å². The average molecular weight is 334 g/mol. The van der Waals surface area contributed by atoms with Crippen molar-refractivity contribution >= 4 is 11.9 Å². The van der Waals surface area contributed by atoms with E-state index in [0.717, 1.165) is 19.3 Å². The van der Waals surface area contributed by atoms with Crippen LogP contribution in [0.3, 0.4) is 0 Å². The Labute approximate surface area is 143 Å². The molecule has 0 spiro atoms. The van der Waals surface area contributed by atoms with Crippen molar-refractivity contribution < 1.29 is 24.2 Å². The summed E-state index contributed by atoms with van der Waals surface area (Å²) in [5, 5.41) is 10.3. The summed E-state index contributed by atoms with van der Waals surface area (Å²) in [7, 11) is 0. The second kappa shape index (κ2) is 8.83. The predicted octanol–water partition coefficient (Wildman–Crippen LogP) is 2.28. The monoisotopic (exact) mass is 334 g/mol. The number of aliphatic hydroxyl groups is 1. The molecule has 0 bridgehead atoms. The minimum atomic E-state index is -1.47. The Bertz CT molecular complexity index is 569. The van der Waals surface area contributed by atoms with Gasteiger partial charge in [0.15, 0.2) is 6.10 Å². The number of rotatable bonds is 7. The van der Waals surface area contributed by atoms with Gasteiger partial charge in [-0.1, -0.05) is 24.3 Å². The van der Waals surface area contributed by atoms with Crippen LogP contribution in [0.15, 0.2) is 24.3 Å². The van der Waals surface area contributed by atoms with E-state index in [0.29, 0.717) is 6.42 Å². The Hall–Kier alpha value is -1.88. The topological polar surface area (TPSA) is 72.8 Å². The number of aliphatic hydroxyl groups excluding tert-OH is 1. The molecule has 1 aliphatic carbocycles. The highest BCUT2D eigenvalue weighted by molar-refractivity contribution is 5.83. The molecule has 24 heavy (non-hydrogen) atoms. The summed E-state index contributed by atoms with van der Waals surface area (Å²) >= 11 is 0. The third-order valence-corrected chi connectivity index (χ3v) is 4.53. The summed E-state index contributed by atoms with van der Waals surface area (Å²) in [6.07, 6.45) is 1.68. The van der Waals surface area contributed by atoms with Gasteiger partial charge in [0.2, 0.25) is 0 Å². The van der Waals surface area contributed by atoms with Crippen LogP contribution in [0.2, 0.25) is 0 Å². The Balaban J connectivity index is 2.08. The molecule has 2 rings (SSSR count). The van der Waals surface area contributed by atoms with Gasteiger partial charge in [-0.05, 0) is 56.6 Å². The molecule has 1 aromatic carbocycles. The third-order valence-electron chi connectivity index (χ3n) is 4.53. The first-order valence-corrected chi connectivity index (χ1v) is 8.64. The molecule has 0 saturated carbocycles. The highest BCUT2D eigenvalue weighted by Crippen LogP contribution is 2.31. The van der Waals surface area contributed by atoms with E-state index in [-0.39, 0.29) is 19.1 Å². The van der Waals surface area contributed by atoms with Crippen molar-refractivity contribution in [2.24, 2.45) is 11.8 Å². The van der Waals surface area contributed by atoms with Crippen LogP contribution in [0.1, 0.15) is 37.8 Å². The van der Waals surface area contributed by atoms with Gasteiger partial charge in [0.05, 0.1) is 19.1 Å². The van der Waals surface area contributed by atoms with E-state index in [9.17, 15) is 14.7 Å². The molecule has 132 valence electrons. The number of carbonyl (C=O) groups excluding carboxylic acids is 2. The molecule has 5 heteroatoms. The number of hydrogen-bond acceptors (Lipinski definition) is 5. The van der Waals surface area contributed by atoms with Crippen LogP contribution in [0.5, 0.6) is 0 Å². The van der Waals surface area contributed by atoms with Crippen molar-refractivity contribution in [2.75, 3.05) is 13.2 Å². The fourth-order valence-electron chi connectivity index (χ4n) is 3.33. The lowest BCUT2D eigenvalue weighted by Crippen LogP contribution is -2.39. The van der Waals surface area contributed by atoms with E-state index in [1.54, 1.807) is 13.8 Å². The lowest BCUT2D eigenvalue weighted by Gasteiger charge is -2.28. The average Bonchev–Trinajstić information content (AvgIpc) is 2.59. The Morgan fingerprint density at radius 2 is 1.75 bits per heavy atom. The maximum atomic E-state index is 12.2. The van der Waals surface area contributed by atoms with Gasteiger partial charge in [-0.2, -0.15) is 0 Å². The molecule has 0 fully saturated rings. The molecular weight excluding hydrogens is 308 g/mol. The number of esters is 2. The van der Waals surface area contributed by atoms with Gasteiger partial charge in [0.25, 0.3) is 0 Å². The summed E-state index contributed by atoms with van der Waals surface area (Å²) in [4.78, 5) is 24.1. The first-order chi connectivity index (χ1) is 11.6. The lowest BCUT2D eigenvalue weighted by atomic mass is 9.78. The minimum absolute atomic E-state index is 0.169. The second-order valence-corrected chi connectivity index (χ2v) is 6.17. The quantitative estimate of drug-likeness (QED) is 0.775. The zero-order valence-electron chi connectivity index (χ0n) is 14.4. The fourth-order valence-corrected chi connectivity index (χ4v) is 3.33. The van der Waals surface area contributed by atoms with Crippen LogP contribution < -0.4 is 0 Å². The Morgan fingerprint density at radius 1 is 1.12 bits per heavy atom. The largest absolute Gasteiger partial charge is 0.466 e. The molecule has 0 aliphatic heterocycles. The maximum absolute atomic E-state index is 12.2. The maximum Gasteiger partial charge on any atom is 0.335 e. The fraction of sp³-hybridized carbons (Fsp3) is 0.579. The Kier molecular flexibility index (Phi) is 6.79. The molecule has 5 nitrogen and oxygen atoms in total. The summed E-state index contributed by atoms with van der Waals surface area (Å²) in [6, 6.07) is 8.27. The SMILES string of the molecule is CCOC(=O)[C@@H](O)[C@@H](C[C@@H]1CCc2ccccc2C1)C(=O)OCC. The number of ether oxygens (including phenoxy) is 2. The first-order valence-electron chi connectivity index (χ1n) is 8.64. The van der Waals surface area contributed by atoms with E-state index in [4.69, 9.17) is 9.47 Å². The van der Waals surface area contributed by atoms with E-state index in [1.165, 1.54) is 11.1 Å². The number of carbonyl (C=O) groups is 2. The molecule has 3 atom stereocenters. The summed E-state index contributed by atoms with van der Waals surface area (Å²) in [5.74, 6) is -1.93. The van der Waals surface area contributed by atoms with Crippen molar-refractivity contribution in [3.05, 3.63) is 35.4 Å². The third kappa shape index (κ3) is 4.57. The molecular formula is C19H26O5. The standard InChI is InChI=1S/C19H26O5/c1-3-23-18(21)16(17(20)19(22)24-4-2)12-13-9-10-14-7-5-6-8-15(14)11-13/h5-8,13,16-17,20H,3-4,9-12H2,1-2H3/t13-,16-,17+/m1/s1. The van der Waals surface area contributed by atoms with Crippen LogP contribution in [-0.2, 0) is 31.9 Å². The second-order valence-electron chi connectivity index (χ2n) is 6.17. The van der Waals surface area contributed by atoms with Crippen LogP contribution in [0.4, 0.5) is 0 Å². The van der Waals surface area contributed by atoms with E-state index in [2.05, 4.69) is 12.1 Å². The highest BCUT2D eigenvalue weighted by Gasteiger charge is 2.36. The van der Waals surface area contributed by atoms with Gasteiger partial charge in [0.1, 0.15) is 0 Å². The van der Waals surface area contributed by atoms with Gasteiger partial charge in [-0.25, -0.2) is 4.79 Å². The minimum Gasteiger partial charge on any atom is -0.466 e. The van der Waals surface area contributed by atoms with Crippen molar-refractivity contribution in [2.45, 2.75) is 45.6 Å². The van der Waals surface area contributed by atoms with Crippen LogP contribution in [0, 0.1) is 11.8 Å². The zero-order valence-corrected chi connectivity index (χ0v) is 14.4. The molecule has 0 saturated heterocycles. The Morgan fingerprint density at radius 3 is 2.42 bits per heavy atom. The number of benzene rings is 1. The van der Waals surface area contributed by atoms with Crippen molar-refractivity contribution in [3.8, 4) is 0 Å². The molecule has 0 radical (unpaired) electrons. The number of hydrogen-bond donors (Lipinski definition) is 1. The van der Waals surface area contributed by atoms with Crippen LogP contribution in [-0.4, -0.2) is 36.4 Å². The molecule has 1 aliphatic rings. The zero-order chi connectivity index (χ0) is 17.5. The molecule has 1 N–H and O–H groups in total. The van der Waals surface area contributed by atoms with Crippen molar-refractivity contribution in [3.63, 3.8) is 0 Å². The summed E-state index contributed by atoms with van der Waals surface area (Å²) in [5.41, 5.74) is 2.62. The summed E-state index contributed by atoms with van der Waals surface area (Å²) < 4.78 is 9.92. The van der Waals surface area contributed by atoms with Gasteiger partial charge in [-0.15, -0.1) is 0 Å². The molecule has 0 amide bonds. The lowest BCUT2D eigenvalue weighted by molar-refractivity contribution is -0.167. The number of fused-ring (bicyclic) bond motifs is 1. The smallest absolute Gasteiger partial charge is 0.335 e. The van der Waals surface area contributed by atoms with Gasteiger partial charge >= 0.3 is 11.9 Å². The molecule has 1 aromatic rings. The van der Waals surface area contributed by atoms with E-state index >= 15 is 0 Å². The van der Waals surface area contributed by atoms with Crippen LogP contribution in [0.25, 0.3) is 0 Å². The number of aryl methyl sites for hydroxylation is 1. The summed E-state index contributed by atoms with van der Waals surface area (Å²) in [6.45, 7) is 3.77. The predicted molar refractivity (Wildman–Crippen MR) is 89.3 cm³/mol.